The molecular weight excluding hydrogens is 421 g/mol. The van der Waals surface area contributed by atoms with Crippen LogP contribution in [0.3, 0.4) is 0 Å². The molecule has 30 heavy (non-hydrogen) atoms. The Labute approximate surface area is 173 Å². The molecule has 2 aromatic rings. The average molecular weight is 446 g/mol. The predicted octanol–water partition coefficient (Wildman–Crippen LogP) is 4.61. The molecule has 1 aromatic heterocycles. The van der Waals surface area contributed by atoms with Gasteiger partial charge in [-0.05, 0) is 52.3 Å². The van der Waals surface area contributed by atoms with Crippen molar-refractivity contribution < 1.29 is 36.4 Å². The van der Waals surface area contributed by atoms with E-state index in [0.717, 1.165) is 12.5 Å². The molecule has 8 nitrogen and oxygen atoms in total. The molecule has 2 aliphatic rings. The van der Waals surface area contributed by atoms with Crippen LogP contribution >= 0.6 is 7.82 Å². The highest BCUT2D eigenvalue weighted by atomic mass is 31.2. The van der Waals surface area contributed by atoms with Gasteiger partial charge < -0.3 is 14.0 Å². The third kappa shape index (κ3) is 3.44. The summed E-state index contributed by atoms with van der Waals surface area (Å²) >= 11 is 0. The highest BCUT2D eigenvalue weighted by Crippen LogP contribution is 2.63. The molecule has 1 unspecified atom stereocenters. The van der Waals surface area contributed by atoms with E-state index in [0.29, 0.717) is 23.4 Å². The van der Waals surface area contributed by atoms with Crippen molar-refractivity contribution in [3.63, 3.8) is 0 Å². The van der Waals surface area contributed by atoms with Crippen molar-refractivity contribution in [1.29, 1.82) is 0 Å². The summed E-state index contributed by atoms with van der Waals surface area (Å²) < 4.78 is 72.1. The fourth-order valence-electron chi connectivity index (χ4n) is 3.86. The highest BCUT2D eigenvalue weighted by Gasteiger charge is 2.70. The second kappa shape index (κ2) is 7.24. The van der Waals surface area contributed by atoms with E-state index in [2.05, 4.69) is 4.98 Å². The van der Waals surface area contributed by atoms with Crippen molar-refractivity contribution in [3.8, 4) is 5.75 Å². The Bertz CT molecular complexity index is 1010. The second-order valence-corrected chi connectivity index (χ2v) is 9.56. The van der Waals surface area contributed by atoms with Crippen molar-refractivity contribution >= 4 is 18.9 Å². The van der Waals surface area contributed by atoms with Crippen LogP contribution in [-0.2, 0) is 22.9 Å². The molecule has 0 N–H and O–H groups in total. The van der Waals surface area contributed by atoms with E-state index < -0.39 is 44.4 Å². The van der Waals surface area contributed by atoms with Crippen molar-refractivity contribution in [1.82, 2.24) is 9.55 Å². The van der Waals surface area contributed by atoms with Crippen LogP contribution in [0.1, 0.15) is 39.5 Å². The first-order valence-electron chi connectivity index (χ1n) is 9.76. The van der Waals surface area contributed by atoms with Gasteiger partial charge in [-0.2, -0.15) is 0 Å². The summed E-state index contributed by atoms with van der Waals surface area (Å²) in [6.45, 7) is 7.71. The molecule has 0 saturated carbocycles. The second-order valence-electron chi connectivity index (χ2n) is 7.98. The fourth-order valence-corrected chi connectivity index (χ4v) is 5.51. The zero-order valence-electron chi connectivity index (χ0n) is 17.4. The molecule has 2 aliphatic heterocycles. The third-order valence-corrected chi connectivity index (χ3v) is 6.62. The molecule has 11 heteroatoms. The molecule has 0 amide bonds. The van der Waals surface area contributed by atoms with Gasteiger partial charge in [0, 0.05) is 0 Å². The topological polar surface area (TPSA) is 81.0 Å². The zero-order chi connectivity index (χ0) is 21.9. The Kier molecular flexibility index (Phi) is 5.22. The molecule has 166 valence electrons. The Balaban J connectivity index is 1.74. The Hall–Kier alpha value is -1.58. The maximum absolute atomic E-state index is 16.0. The number of hydrogen-bond donors (Lipinski definition) is 0. The molecule has 4 rings (SSSR count). The van der Waals surface area contributed by atoms with E-state index in [1.807, 2.05) is 19.9 Å². The first kappa shape index (κ1) is 21.6. The molecule has 3 heterocycles. The standard InChI is InChI=1S/C19H25F2N2O6P/c1-6-25-14-8-12(4)7-13-15(14)22-10-23(13)17-18(5,20)16-19(21,27-17)9-26-30(24,29-16)28-11(2)3/h7-8,10-11,16-17H,6,9H2,1-5H3/t16-,17+,18+,19+,30?/m0/s1. The van der Waals surface area contributed by atoms with Gasteiger partial charge >= 0.3 is 7.82 Å². The quantitative estimate of drug-likeness (QED) is 0.620. The van der Waals surface area contributed by atoms with E-state index in [1.165, 1.54) is 10.9 Å². The summed E-state index contributed by atoms with van der Waals surface area (Å²) in [5.74, 6) is -2.11. The van der Waals surface area contributed by atoms with Crippen molar-refractivity contribution in [2.75, 3.05) is 13.2 Å². The number of nitrogens with zero attached hydrogens (tertiary/aromatic N) is 2. The molecule has 0 aliphatic carbocycles. The van der Waals surface area contributed by atoms with Crippen LogP contribution in [0.15, 0.2) is 18.5 Å². The van der Waals surface area contributed by atoms with Gasteiger partial charge in [0.2, 0.25) is 0 Å². The molecule has 0 radical (unpaired) electrons. The van der Waals surface area contributed by atoms with Crippen LogP contribution in [0, 0.1) is 6.92 Å². The summed E-state index contributed by atoms with van der Waals surface area (Å²) in [5.41, 5.74) is -0.543. The van der Waals surface area contributed by atoms with Crippen LogP contribution in [0.25, 0.3) is 11.0 Å². The van der Waals surface area contributed by atoms with Crippen molar-refractivity contribution in [2.45, 2.75) is 64.6 Å². The van der Waals surface area contributed by atoms with E-state index in [9.17, 15) is 4.57 Å². The number of hydrogen-bond acceptors (Lipinski definition) is 7. The minimum Gasteiger partial charge on any atom is -0.492 e. The van der Waals surface area contributed by atoms with Crippen molar-refractivity contribution in [2.24, 2.45) is 0 Å². The van der Waals surface area contributed by atoms with Gasteiger partial charge in [0.05, 0.1) is 24.6 Å². The monoisotopic (exact) mass is 446 g/mol. The van der Waals surface area contributed by atoms with Crippen LogP contribution in [0.4, 0.5) is 8.78 Å². The van der Waals surface area contributed by atoms with E-state index in [-0.39, 0.29) is 0 Å². The number of fused-ring (bicyclic) bond motifs is 2. The largest absolute Gasteiger partial charge is 0.492 e. The summed E-state index contributed by atoms with van der Waals surface area (Å²) in [6.07, 6.45) is -2.42. The maximum atomic E-state index is 16.0. The summed E-state index contributed by atoms with van der Waals surface area (Å²) in [5, 5.41) is 0. The number of phosphoric ester groups is 1. The number of alkyl halides is 2. The first-order chi connectivity index (χ1) is 14.0. The molecule has 5 atom stereocenters. The SMILES string of the molecule is CCOc1cc(C)cc2c1ncn2[C@@H]1O[C@]2(F)COP(=O)(OC(C)C)O[C@H]2[C@@]1(C)F. The molecule has 1 aromatic carbocycles. The van der Waals surface area contributed by atoms with Gasteiger partial charge in [0.15, 0.2) is 18.0 Å². The number of halogens is 2. The van der Waals surface area contributed by atoms with Gasteiger partial charge in [-0.3, -0.25) is 13.6 Å². The lowest BCUT2D eigenvalue weighted by atomic mass is 9.97. The average Bonchev–Trinajstić information content (AvgIpc) is 3.13. The predicted molar refractivity (Wildman–Crippen MR) is 104 cm³/mol. The lowest BCUT2D eigenvalue weighted by Gasteiger charge is -2.36. The number of aromatic nitrogens is 2. The number of aryl methyl sites for hydroxylation is 1. The van der Waals surface area contributed by atoms with Crippen LogP contribution < -0.4 is 4.74 Å². The Morgan fingerprint density at radius 1 is 1.40 bits per heavy atom. The van der Waals surface area contributed by atoms with E-state index in [4.69, 9.17) is 23.0 Å². The Morgan fingerprint density at radius 3 is 2.80 bits per heavy atom. The summed E-state index contributed by atoms with van der Waals surface area (Å²) in [7, 11) is -4.14. The number of benzene rings is 1. The molecule has 2 fully saturated rings. The summed E-state index contributed by atoms with van der Waals surface area (Å²) in [4.78, 5) is 4.31. The van der Waals surface area contributed by atoms with Crippen molar-refractivity contribution in [3.05, 3.63) is 24.0 Å². The molecule has 0 bridgehead atoms. The van der Waals surface area contributed by atoms with Crippen LogP contribution in [-0.4, -0.2) is 46.5 Å². The van der Waals surface area contributed by atoms with Gasteiger partial charge in [-0.15, -0.1) is 0 Å². The normalized spacial score (nSPS) is 36.4. The van der Waals surface area contributed by atoms with Gasteiger partial charge in [0.1, 0.15) is 17.9 Å². The fraction of sp³-hybridized carbons (Fsp3) is 0.632. The first-order valence-corrected chi connectivity index (χ1v) is 11.2. The minimum absolute atomic E-state index is 0.429. The van der Waals surface area contributed by atoms with Gasteiger partial charge in [0.25, 0.3) is 5.85 Å². The van der Waals surface area contributed by atoms with E-state index in [1.54, 1.807) is 19.9 Å². The number of imidazole rings is 1. The van der Waals surface area contributed by atoms with E-state index >= 15 is 8.78 Å². The van der Waals surface area contributed by atoms with Crippen LogP contribution in [0.2, 0.25) is 0 Å². The lowest BCUT2D eigenvalue weighted by molar-refractivity contribution is -0.220. The zero-order valence-corrected chi connectivity index (χ0v) is 18.3. The Morgan fingerprint density at radius 2 is 2.13 bits per heavy atom. The van der Waals surface area contributed by atoms with Gasteiger partial charge in [-0.25, -0.2) is 18.3 Å². The maximum Gasteiger partial charge on any atom is 0.475 e. The van der Waals surface area contributed by atoms with Gasteiger partial charge in [-0.1, -0.05) is 0 Å². The smallest absolute Gasteiger partial charge is 0.475 e. The molecule has 2 saturated heterocycles. The highest BCUT2D eigenvalue weighted by molar-refractivity contribution is 7.48. The number of rotatable bonds is 5. The lowest BCUT2D eigenvalue weighted by Crippen LogP contribution is -2.51. The number of ether oxygens (including phenoxy) is 2. The molecular formula is C19H25F2N2O6P. The third-order valence-electron chi connectivity index (χ3n) is 5.03. The van der Waals surface area contributed by atoms with Crippen LogP contribution in [0.5, 0.6) is 5.75 Å². The minimum atomic E-state index is -4.14. The molecule has 0 spiro atoms. The number of phosphoric acid groups is 1. The summed E-state index contributed by atoms with van der Waals surface area (Å²) in [6, 6.07) is 3.60.